The molecule has 1 heterocycles. The number of hydrogen-bond donors (Lipinski definition) is 1. The summed E-state index contributed by atoms with van der Waals surface area (Å²) in [5, 5.41) is 4.78. The third-order valence-electron chi connectivity index (χ3n) is 5.02. The highest BCUT2D eigenvalue weighted by atomic mass is 35.5. The quantitative estimate of drug-likeness (QED) is 0.891. The second-order valence-corrected chi connectivity index (χ2v) is 7.18. The van der Waals surface area contributed by atoms with Gasteiger partial charge in [-0.25, -0.2) is 0 Å². The predicted molar refractivity (Wildman–Crippen MR) is 83.1 cm³/mol. The molecule has 0 radical (unpaired) electrons. The van der Waals surface area contributed by atoms with E-state index >= 15 is 0 Å². The zero-order chi connectivity index (χ0) is 13.5. The Labute approximate surface area is 126 Å². The lowest BCUT2D eigenvalue weighted by atomic mass is 10.0. The molecule has 1 saturated heterocycles. The van der Waals surface area contributed by atoms with Crippen LogP contribution in [0.3, 0.4) is 0 Å². The Hall–Kier alpha value is -0.570. The van der Waals surface area contributed by atoms with Gasteiger partial charge < -0.3 is 5.32 Å². The van der Waals surface area contributed by atoms with Crippen molar-refractivity contribution in [2.24, 2.45) is 5.92 Å². The molecule has 2 unspecified atom stereocenters. The van der Waals surface area contributed by atoms with Crippen molar-refractivity contribution in [1.29, 1.82) is 0 Å². The van der Waals surface area contributed by atoms with Crippen molar-refractivity contribution in [2.75, 3.05) is 13.1 Å². The van der Waals surface area contributed by atoms with Crippen LogP contribution in [0.15, 0.2) is 24.3 Å². The fourth-order valence-electron chi connectivity index (χ4n) is 3.55. The Bertz CT molecular complexity index is 464. The Balaban J connectivity index is 1.42. The van der Waals surface area contributed by atoms with E-state index in [0.717, 1.165) is 17.0 Å². The van der Waals surface area contributed by atoms with Crippen LogP contribution in [0.2, 0.25) is 5.02 Å². The summed E-state index contributed by atoms with van der Waals surface area (Å²) in [6.07, 6.45) is 6.91. The summed E-state index contributed by atoms with van der Waals surface area (Å²) in [6, 6.07) is 10.6. The molecular weight excluding hydrogens is 268 g/mol. The van der Waals surface area contributed by atoms with Gasteiger partial charge in [-0.3, -0.25) is 4.90 Å². The molecule has 108 valence electrons. The molecule has 3 fully saturated rings. The SMILES string of the molecule is Clc1ccc(C(NC2CCN(C3CC3)C2)C2CC2)cc1. The van der Waals surface area contributed by atoms with Crippen LogP contribution in [0.25, 0.3) is 0 Å². The lowest BCUT2D eigenvalue weighted by Gasteiger charge is -2.24. The number of benzene rings is 1. The van der Waals surface area contributed by atoms with Crippen molar-refractivity contribution in [3.8, 4) is 0 Å². The Morgan fingerprint density at radius 3 is 2.45 bits per heavy atom. The maximum Gasteiger partial charge on any atom is 0.0406 e. The van der Waals surface area contributed by atoms with Crippen LogP contribution in [0.4, 0.5) is 0 Å². The second-order valence-electron chi connectivity index (χ2n) is 6.75. The van der Waals surface area contributed by atoms with Gasteiger partial charge in [0.15, 0.2) is 0 Å². The van der Waals surface area contributed by atoms with Gasteiger partial charge in [-0.15, -0.1) is 0 Å². The van der Waals surface area contributed by atoms with Crippen LogP contribution >= 0.6 is 11.6 Å². The average Bonchev–Trinajstić information content (AvgIpc) is 3.37. The van der Waals surface area contributed by atoms with Gasteiger partial charge in [-0.2, -0.15) is 0 Å². The molecule has 0 aromatic heterocycles. The number of rotatable bonds is 5. The molecule has 1 aromatic carbocycles. The molecule has 1 N–H and O–H groups in total. The summed E-state index contributed by atoms with van der Waals surface area (Å²) in [5.74, 6) is 0.839. The molecule has 2 atom stereocenters. The summed E-state index contributed by atoms with van der Waals surface area (Å²) in [6.45, 7) is 2.54. The molecule has 0 bridgehead atoms. The highest BCUT2D eigenvalue weighted by Crippen LogP contribution is 2.42. The first-order valence-corrected chi connectivity index (χ1v) is 8.43. The van der Waals surface area contributed by atoms with Crippen molar-refractivity contribution in [3.63, 3.8) is 0 Å². The van der Waals surface area contributed by atoms with E-state index in [1.165, 1.54) is 50.8 Å². The van der Waals surface area contributed by atoms with E-state index in [0.29, 0.717) is 12.1 Å². The largest absolute Gasteiger partial charge is 0.306 e. The van der Waals surface area contributed by atoms with E-state index in [1.54, 1.807) is 0 Å². The molecule has 1 aromatic rings. The molecule has 3 aliphatic rings. The molecule has 0 amide bonds. The number of halogens is 1. The van der Waals surface area contributed by atoms with Crippen molar-refractivity contribution < 1.29 is 0 Å². The van der Waals surface area contributed by atoms with E-state index in [2.05, 4.69) is 22.3 Å². The summed E-state index contributed by atoms with van der Waals surface area (Å²) in [4.78, 5) is 2.68. The minimum absolute atomic E-state index is 0.538. The first-order valence-electron chi connectivity index (χ1n) is 8.05. The molecule has 1 aliphatic heterocycles. The zero-order valence-corrected chi connectivity index (χ0v) is 12.6. The number of nitrogens with one attached hydrogen (secondary N) is 1. The van der Waals surface area contributed by atoms with Gasteiger partial charge in [0.05, 0.1) is 0 Å². The molecule has 3 heteroatoms. The van der Waals surface area contributed by atoms with E-state index in [-0.39, 0.29) is 0 Å². The van der Waals surface area contributed by atoms with Gasteiger partial charge in [0, 0.05) is 36.2 Å². The van der Waals surface area contributed by atoms with Gasteiger partial charge >= 0.3 is 0 Å². The highest BCUT2D eigenvalue weighted by molar-refractivity contribution is 6.30. The summed E-state index contributed by atoms with van der Waals surface area (Å²) >= 11 is 6.02. The summed E-state index contributed by atoms with van der Waals surface area (Å²) in [5.41, 5.74) is 1.42. The second kappa shape index (κ2) is 5.32. The monoisotopic (exact) mass is 290 g/mol. The Morgan fingerprint density at radius 2 is 1.80 bits per heavy atom. The molecule has 20 heavy (non-hydrogen) atoms. The molecule has 2 saturated carbocycles. The van der Waals surface area contributed by atoms with E-state index in [9.17, 15) is 0 Å². The topological polar surface area (TPSA) is 15.3 Å². The molecule has 0 spiro atoms. The van der Waals surface area contributed by atoms with E-state index in [1.807, 2.05) is 12.1 Å². The van der Waals surface area contributed by atoms with E-state index in [4.69, 9.17) is 11.6 Å². The Morgan fingerprint density at radius 1 is 1.05 bits per heavy atom. The van der Waals surface area contributed by atoms with Crippen molar-refractivity contribution in [3.05, 3.63) is 34.9 Å². The van der Waals surface area contributed by atoms with Crippen LogP contribution in [0, 0.1) is 5.92 Å². The average molecular weight is 291 g/mol. The van der Waals surface area contributed by atoms with Crippen LogP contribution in [0.5, 0.6) is 0 Å². The van der Waals surface area contributed by atoms with Gasteiger partial charge in [-0.05, 0) is 55.7 Å². The first-order chi connectivity index (χ1) is 9.79. The standard InChI is InChI=1S/C17H23ClN2/c18-14-5-3-13(4-6-14)17(12-1-2-12)19-15-9-10-20(11-15)16-7-8-16/h3-6,12,15-17,19H,1-2,7-11H2. The van der Waals surface area contributed by atoms with Crippen molar-refractivity contribution >= 4 is 11.6 Å². The molecule has 4 rings (SSSR count). The van der Waals surface area contributed by atoms with Gasteiger partial charge in [-0.1, -0.05) is 23.7 Å². The first kappa shape index (κ1) is 13.1. The van der Waals surface area contributed by atoms with Gasteiger partial charge in [0.2, 0.25) is 0 Å². The Kier molecular flexibility index (Phi) is 3.49. The molecule has 2 aliphatic carbocycles. The maximum atomic E-state index is 6.02. The molecular formula is C17H23ClN2. The third-order valence-corrected chi connectivity index (χ3v) is 5.27. The van der Waals surface area contributed by atoms with Crippen molar-refractivity contribution in [1.82, 2.24) is 10.2 Å². The van der Waals surface area contributed by atoms with Crippen LogP contribution in [0.1, 0.15) is 43.7 Å². The minimum atomic E-state index is 0.538. The summed E-state index contributed by atoms with van der Waals surface area (Å²) in [7, 11) is 0. The number of hydrogen-bond acceptors (Lipinski definition) is 2. The number of nitrogens with zero attached hydrogens (tertiary/aromatic N) is 1. The molecule has 2 nitrogen and oxygen atoms in total. The lowest BCUT2D eigenvalue weighted by Crippen LogP contribution is -2.36. The minimum Gasteiger partial charge on any atom is -0.306 e. The predicted octanol–water partition coefficient (Wildman–Crippen LogP) is 3.62. The number of likely N-dealkylation sites (tertiary alicyclic amines) is 1. The smallest absolute Gasteiger partial charge is 0.0406 e. The van der Waals surface area contributed by atoms with E-state index < -0.39 is 0 Å². The van der Waals surface area contributed by atoms with Gasteiger partial charge in [0.1, 0.15) is 0 Å². The van der Waals surface area contributed by atoms with Gasteiger partial charge in [0.25, 0.3) is 0 Å². The maximum absolute atomic E-state index is 6.02. The fourth-order valence-corrected chi connectivity index (χ4v) is 3.68. The fraction of sp³-hybridized carbons (Fsp3) is 0.647. The van der Waals surface area contributed by atoms with Crippen LogP contribution < -0.4 is 5.32 Å². The summed E-state index contributed by atoms with van der Waals surface area (Å²) < 4.78 is 0. The van der Waals surface area contributed by atoms with Crippen molar-refractivity contribution in [2.45, 2.75) is 50.2 Å². The highest BCUT2D eigenvalue weighted by Gasteiger charge is 2.38. The van der Waals surface area contributed by atoms with Crippen LogP contribution in [-0.2, 0) is 0 Å². The third kappa shape index (κ3) is 2.88. The van der Waals surface area contributed by atoms with Crippen LogP contribution in [-0.4, -0.2) is 30.1 Å². The normalized spacial score (nSPS) is 28.8. The zero-order valence-electron chi connectivity index (χ0n) is 11.9. The lowest BCUT2D eigenvalue weighted by molar-refractivity contribution is 0.309.